The van der Waals surface area contributed by atoms with Gasteiger partial charge in [-0.05, 0) is 24.6 Å². The maximum absolute atomic E-state index is 11.0. The summed E-state index contributed by atoms with van der Waals surface area (Å²) in [5, 5.41) is 0.0202. The van der Waals surface area contributed by atoms with Crippen molar-refractivity contribution < 1.29 is 19.1 Å². The van der Waals surface area contributed by atoms with Crippen LogP contribution in [0.15, 0.2) is 18.2 Å². The van der Waals surface area contributed by atoms with Crippen LogP contribution < -0.4 is 10.0 Å². The number of hydrogen-bond acceptors (Lipinski definition) is 2. The van der Waals surface area contributed by atoms with E-state index >= 15 is 0 Å². The molecule has 0 spiro atoms. The van der Waals surface area contributed by atoms with Crippen LogP contribution in [-0.2, 0) is 4.57 Å². The molecule has 1 rings (SSSR count). The highest BCUT2D eigenvalue weighted by molar-refractivity contribution is 7.60. The fourth-order valence-corrected chi connectivity index (χ4v) is 1.86. The monoisotopic (exact) mass is 202 g/mol. The molecule has 5 heteroatoms. The van der Waals surface area contributed by atoms with Crippen LogP contribution in [0.3, 0.4) is 0 Å². The Kier molecular flexibility index (Phi) is 2.76. The number of benzene rings is 1. The van der Waals surface area contributed by atoms with E-state index < -0.39 is 7.60 Å². The van der Waals surface area contributed by atoms with Crippen molar-refractivity contribution in [3.8, 4) is 5.75 Å². The minimum atomic E-state index is -4.18. The van der Waals surface area contributed by atoms with Gasteiger partial charge in [0.25, 0.3) is 0 Å². The second-order valence-electron chi connectivity index (χ2n) is 2.70. The van der Waals surface area contributed by atoms with Gasteiger partial charge in [0.05, 0.1) is 12.4 Å². The molecule has 0 bridgehead atoms. The first-order valence-corrected chi connectivity index (χ1v) is 5.27. The number of hydrogen-bond donors (Lipinski definition) is 2. The lowest BCUT2D eigenvalue weighted by molar-refractivity contribution is 0.386. The lowest BCUT2D eigenvalue weighted by atomic mass is 10.2. The van der Waals surface area contributed by atoms with Gasteiger partial charge in [-0.25, -0.2) is 0 Å². The van der Waals surface area contributed by atoms with Crippen molar-refractivity contribution in [1.29, 1.82) is 0 Å². The molecule has 0 heterocycles. The van der Waals surface area contributed by atoms with E-state index in [9.17, 15) is 4.57 Å². The Labute approximate surface area is 76.3 Å². The van der Waals surface area contributed by atoms with Crippen molar-refractivity contribution in [3.63, 3.8) is 0 Å². The van der Waals surface area contributed by atoms with Crippen molar-refractivity contribution in [1.82, 2.24) is 0 Å². The summed E-state index contributed by atoms with van der Waals surface area (Å²) in [6, 6.07) is 4.64. The molecule has 0 amide bonds. The summed E-state index contributed by atoms with van der Waals surface area (Å²) in [7, 11) is -2.72. The van der Waals surface area contributed by atoms with E-state index in [0.29, 0.717) is 11.3 Å². The van der Waals surface area contributed by atoms with E-state index in [1.807, 2.05) is 0 Å². The van der Waals surface area contributed by atoms with E-state index in [1.165, 1.54) is 13.2 Å². The molecule has 13 heavy (non-hydrogen) atoms. The highest BCUT2D eigenvalue weighted by Gasteiger charge is 2.20. The summed E-state index contributed by atoms with van der Waals surface area (Å²) in [4.78, 5) is 17.9. The van der Waals surface area contributed by atoms with Gasteiger partial charge in [0.1, 0.15) is 5.75 Å². The molecular weight excluding hydrogens is 191 g/mol. The maximum Gasteiger partial charge on any atom is 0.356 e. The van der Waals surface area contributed by atoms with Crippen LogP contribution in [0.1, 0.15) is 5.56 Å². The Morgan fingerprint density at radius 2 is 2.00 bits per heavy atom. The van der Waals surface area contributed by atoms with Crippen molar-refractivity contribution >= 4 is 12.9 Å². The van der Waals surface area contributed by atoms with Gasteiger partial charge >= 0.3 is 7.60 Å². The predicted molar refractivity (Wildman–Crippen MR) is 49.4 cm³/mol. The molecule has 0 atom stereocenters. The summed E-state index contributed by atoms with van der Waals surface area (Å²) in [6.45, 7) is 1.65. The third-order valence-electron chi connectivity index (χ3n) is 1.73. The third kappa shape index (κ3) is 2.31. The van der Waals surface area contributed by atoms with Gasteiger partial charge < -0.3 is 14.5 Å². The van der Waals surface area contributed by atoms with Crippen LogP contribution in [-0.4, -0.2) is 16.9 Å². The molecule has 0 aromatic heterocycles. The number of ether oxygens (including phenoxy) is 1. The number of aryl methyl sites for hydroxylation is 1. The highest BCUT2D eigenvalue weighted by Crippen LogP contribution is 2.35. The van der Waals surface area contributed by atoms with Crippen LogP contribution >= 0.6 is 7.60 Å². The van der Waals surface area contributed by atoms with Crippen LogP contribution in [0.25, 0.3) is 0 Å². The third-order valence-corrected chi connectivity index (χ3v) is 2.84. The van der Waals surface area contributed by atoms with E-state index in [1.54, 1.807) is 19.1 Å². The average molecular weight is 202 g/mol. The number of rotatable bonds is 2. The Morgan fingerprint density at radius 3 is 2.46 bits per heavy atom. The maximum atomic E-state index is 11.0. The van der Waals surface area contributed by atoms with E-state index in [4.69, 9.17) is 14.5 Å². The topological polar surface area (TPSA) is 66.8 Å². The van der Waals surface area contributed by atoms with Crippen LogP contribution in [0.2, 0.25) is 0 Å². The van der Waals surface area contributed by atoms with Crippen LogP contribution in [0, 0.1) is 6.92 Å². The molecule has 4 nitrogen and oxygen atoms in total. The van der Waals surface area contributed by atoms with Gasteiger partial charge in [-0.15, -0.1) is 0 Å². The fraction of sp³-hybridized carbons (Fsp3) is 0.250. The molecule has 0 radical (unpaired) electrons. The van der Waals surface area contributed by atoms with E-state index in [0.717, 1.165) is 0 Å². The predicted octanol–water partition coefficient (Wildman–Crippen LogP) is 0.807. The Bertz CT molecular complexity index is 355. The molecule has 0 saturated heterocycles. The molecule has 0 aliphatic heterocycles. The molecule has 1 aromatic rings. The van der Waals surface area contributed by atoms with Gasteiger partial charge in [0, 0.05) is 0 Å². The van der Waals surface area contributed by atoms with Gasteiger partial charge in [0.15, 0.2) is 0 Å². The zero-order chi connectivity index (χ0) is 10.1. The van der Waals surface area contributed by atoms with E-state index in [-0.39, 0.29) is 5.30 Å². The van der Waals surface area contributed by atoms with Gasteiger partial charge in [-0.1, -0.05) is 6.07 Å². The summed E-state index contributed by atoms with van der Waals surface area (Å²) in [6.07, 6.45) is 0. The first kappa shape index (κ1) is 10.3. The summed E-state index contributed by atoms with van der Waals surface area (Å²) in [5.74, 6) is 0.448. The Hall–Kier alpha value is -0.830. The van der Waals surface area contributed by atoms with Crippen molar-refractivity contribution in [2.24, 2.45) is 0 Å². The molecule has 0 saturated carbocycles. The second kappa shape index (κ2) is 3.50. The van der Waals surface area contributed by atoms with Crippen molar-refractivity contribution in [2.75, 3.05) is 7.11 Å². The van der Waals surface area contributed by atoms with Crippen molar-refractivity contribution in [2.45, 2.75) is 6.92 Å². The van der Waals surface area contributed by atoms with Gasteiger partial charge in [-0.2, -0.15) is 0 Å². The fourth-order valence-electron chi connectivity index (χ4n) is 1.03. The zero-order valence-electron chi connectivity index (χ0n) is 7.39. The molecule has 2 N–H and O–H groups in total. The first-order chi connectivity index (χ1) is 5.95. The quantitative estimate of drug-likeness (QED) is 0.696. The van der Waals surface area contributed by atoms with Crippen molar-refractivity contribution in [3.05, 3.63) is 23.8 Å². The molecule has 0 unspecified atom stereocenters. The van der Waals surface area contributed by atoms with Gasteiger partial charge in [0.2, 0.25) is 0 Å². The first-order valence-electron chi connectivity index (χ1n) is 3.66. The van der Waals surface area contributed by atoms with E-state index in [2.05, 4.69) is 0 Å². The second-order valence-corrected chi connectivity index (χ2v) is 4.27. The molecule has 72 valence electrons. The molecule has 0 fully saturated rings. The highest BCUT2D eigenvalue weighted by atomic mass is 31.2. The lowest BCUT2D eigenvalue weighted by Crippen LogP contribution is -2.08. The largest absolute Gasteiger partial charge is 0.497 e. The van der Waals surface area contributed by atoms with Gasteiger partial charge in [-0.3, -0.25) is 4.57 Å². The summed E-state index contributed by atoms with van der Waals surface area (Å²) < 4.78 is 15.8. The summed E-state index contributed by atoms with van der Waals surface area (Å²) >= 11 is 0. The minimum absolute atomic E-state index is 0.0202. The molecule has 0 aliphatic rings. The molecule has 0 aliphatic carbocycles. The summed E-state index contributed by atoms with van der Waals surface area (Å²) in [5.41, 5.74) is 0.564. The zero-order valence-corrected chi connectivity index (χ0v) is 8.28. The standard InChI is InChI=1S/C8H11O4P/c1-6-3-4-7(12-2)5-8(6)13(9,10)11/h3-5H,1-2H3,(H2,9,10,11). The SMILES string of the molecule is COc1ccc(C)c(P(=O)(O)O)c1. The Morgan fingerprint density at radius 1 is 1.38 bits per heavy atom. The van der Waals surface area contributed by atoms with Crippen LogP contribution in [0.4, 0.5) is 0 Å². The lowest BCUT2D eigenvalue weighted by Gasteiger charge is -2.09. The minimum Gasteiger partial charge on any atom is -0.497 e. The molecule has 1 aromatic carbocycles. The normalized spacial score (nSPS) is 11.4. The molecular formula is C8H11O4P. The Balaban J connectivity index is 3.27. The average Bonchev–Trinajstić information content (AvgIpc) is 2.03. The van der Waals surface area contributed by atoms with Crippen LogP contribution in [0.5, 0.6) is 5.75 Å². The number of methoxy groups -OCH3 is 1. The smallest absolute Gasteiger partial charge is 0.356 e.